The molecule has 0 aliphatic carbocycles. The SMILES string of the molecule is C/C=C/c1ccc(/C=C/c2ccc(CC(Cc3ccc(C)cc3)C(C)(C)CCC(C)C)cc2)cc1. The Morgan fingerprint density at radius 1 is 0.657 bits per heavy atom. The van der Waals surface area contributed by atoms with Gasteiger partial charge >= 0.3 is 0 Å². The van der Waals surface area contributed by atoms with E-state index < -0.39 is 0 Å². The van der Waals surface area contributed by atoms with Crippen molar-refractivity contribution in [3.63, 3.8) is 0 Å². The predicted octanol–water partition coefficient (Wildman–Crippen LogP) is 10.1. The smallest absolute Gasteiger partial charge is 0.0242 e. The highest BCUT2D eigenvalue weighted by Crippen LogP contribution is 2.38. The van der Waals surface area contributed by atoms with Gasteiger partial charge in [-0.2, -0.15) is 0 Å². The first-order valence-corrected chi connectivity index (χ1v) is 13.3. The van der Waals surface area contributed by atoms with E-state index in [0.717, 1.165) is 18.8 Å². The first kappa shape index (κ1) is 26.7. The van der Waals surface area contributed by atoms with Crippen LogP contribution < -0.4 is 0 Å². The largest absolute Gasteiger partial charge is 0.0871 e. The molecule has 0 radical (unpaired) electrons. The standard InChI is InChI=1S/C35H44/c1-7-8-29-13-15-30(16-14-29)17-18-31-19-21-33(22-20-31)26-34(35(5,6)24-23-27(2)3)25-32-11-9-28(4)10-12-32/h7-22,27,34H,23-26H2,1-6H3/b8-7+,18-17+. The number of benzene rings is 3. The second kappa shape index (κ2) is 12.7. The highest BCUT2D eigenvalue weighted by molar-refractivity contribution is 5.70. The van der Waals surface area contributed by atoms with Crippen LogP contribution in [0.3, 0.4) is 0 Å². The van der Waals surface area contributed by atoms with E-state index in [4.69, 9.17) is 0 Å². The zero-order valence-corrected chi connectivity index (χ0v) is 22.7. The van der Waals surface area contributed by atoms with Gasteiger partial charge in [0.2, 0.25) is 0 Å². The molecule has 0 N–H and O–H groups in total. The van der Waals surface area contributed by atoms with Gasteiger partial charge in [-0.1, -0.05) is 137 Å². The molecule has 0 heteroatoms. The quantitative estimate of drug-likeness (QED) is 0.248. The fraction of sp³-hybridized carbons (Fsp3) is 0.371. The van der Waals surface area contributed by atoms with Crippen molar-refractivity contribution in [2.45, 2.75) is 67.2 Å². The minimum absolute atomic E-state index is 0.298. The summed E-state index contributed by atoms with van der Waals surface area (Å²) in [5, 5.41) is 0. The fourth-order valence-electron chi connectivity index (χ4n) is 4.65. The van der Waals surface area contributed by atoms with E-state index in [1.54, 1.807) is 0 Å². The normalized spacial score (nSPS) is 13.2. The Balaban J connectivity index is 1.72. The zero-order chi connectivity index (χ0) is 25.3. The Bertz CT molecular complexity index is 1070. The summed E-state index contributed by atoms with van der Waals surface area (Å²) < 4.78 is 0. The van der Waals surface area contributed by atoms with Gasteiger partial charge in [0.15, 0.2) is 0 Å². The van der Waals surface area contributed by atoms with Crippen molar-refractivity contribution in [2.24, 2.45) is 17.3 Å². The van der Waals surface area contributed by atoms with Crippen molar-refractivity contribution in [2.75, 3.05) is 0 Å². The number of hydrogen-bond donors (Lipinski definition) is 0. The van der Waals surface area contributed by atoms with Gasteiger partial charge in [-0.05, 0) is 78.2 Å². The van der Waals surface area contributed by atoms with Gasteiger partial charge in [0.05, 0.1) is 0 Å². The van der Waals surface area contributed by atoms with Crippen LogP contribution in [-0.4, -0.2) is 0 Å². The van der Waals surface area contributed by atoms with Gasteiger partial charge in [-0.3, -0.25) is 0 Å². The van der Waals surface area contributed by atoms with Crippen LogP contribution in [-0.2, 0) is 12.8 Å². The molecule has 0 fully saturated rings. The number of rotatable bonds is 11. The molecular formula is C35H44. The van der Waals surface area contributed by atoms with Crippen LogP contribution >= 0.6 is 0 Å². The molecule has 0 bridgehead atoms. The lowest BCUT2D eigenvalue weighted by Crippen LogP contribution is -2.28. The third kappa shape index (κ3) is 8.70. The van der Waals surface area contributed by atoms with Crippen molar-refractivity contribution in [3.8, 4) is 0 Å². The summed E-state index contributed by atoms with van der Waals surface area (Å²) in [5.74, 6) is 1.36. The second-order valence-electron chi connectivity index (χ2n) is 11.3. The number of hydrogen-bond acceptors (Lipinski definition) is 0. The van der Waals surface area contributed by atoms with E-state index >= 15 is 0 Å². The van der Waals surface area contributed by atoms with Crippen LogP contribution in [0.1, 0.15) is 80.8 Å². The van der Waals surface area contributed by atoms with Gasteiger partial charge in [-0.15, -0.1) is 0 Å². The topological polar surface area (TPSA) is 0 Å². The lowest BCUT2D eigenvalue weighted by molar-refractivity contribution is 0.179. The third-order valence-corrected chi connectivity index (χ3v) is 7.30. The second-order valence-corrected chi connectivity index (χ2v) is 11.3. The summed E-state index contributed by atoms with van der Waals surface area (Å²) in [6.45, 7) is 13.9. The summed E-state index contributed by atoms with van der Waals surface area (Å²) in [4.78, 5) is 0. The van der Waals surface area contributed by atoms with Gasteiger partial charge in [0, 0.05) is 0 Å². The summed E-state index contributed by atoms with van der Waals surface area (Å²) in [5.41, 5.74) is 8.25. The van der Waals surface area contributed by atoms with Crippen LogP contribution in [0, 0.1) is 24.2 Å². The van der Waals surface area contributed by atoms with E-state index in [1.165, 1.54) is 46.2 Å². The molecule has 0 heterocycles. The summed E-state index contributed by atoms with van der Waals surface area (Å²) in [6.07, 6.45) is 13.4. The Morgan fingerprint density at radius 2 is 1.09 bits per heavy atom. The minimum Gasteiger partial charge on any atom is -0.0871 e. The molecule has 0 spiro atoms. The Hall–Kier alpha value is -2.86. The molecule has 1 unspecified atom stereocenters. The van der Waals surface area contributed by atoms with E-state index in [0.29, 0.717) is 11.3 Å². The van der Waals surface area contributed by atoms with Crippen molar-refractivity contribution in [1.82, 2.24) is 0 Å². The summed E-state index contributed by atoms with van der Waals surface area (Å²) >= 11 is 0. The molecule has 0 saturated carbocycles. The monoisotopic (exact) mass is 464 g/mol. The highest BCUT2D eigenvalue weighted by atomic mass is 14.3. The van der Waals surface area contributed by atoms with Crippen molar-refractivity contribution >= 4 is 18.2 Å². The van der Waals surface area contributed by atoms with Crippen LogP contribution in [0.5, 0.6) is 0 Å². The van der Waals surface area contributed by atoms with Gasteiger partial charge in [0.25, 0.3) is 0 Å². The molecule has 0 nitrogen and oxygen atoms in total. The molecule has 184 valence electrons. The van der Waals surface area contributed by atoms with E-state index in [9.17, 15) is 0 Å². The average molecular weight is 465 g/mol. The minimum atomic E-state index is 0.298. The van der Waals surface area contributed by atoms with E-state index in [-0.39, 0.29) is 0 Å². The first-order chi connectivity index (χ1) is 16.7. The molecule has 0 aromatic heterocycles. The Morgan fingerprint density at radius 3 is 1.54 bits per heavy atom. The molecule has 0 saturated heterocycles. The summed E-state index contributed by atoms with van der Waals surface area (Å²) in [7, 11) is 0. The molecule has 1 atom stereocenters. The van der Waals surface area contributed by atoms with Crippen molar-refractivity contribution < 1.29 is 0 Å². The molecule has 3 aromatic carbocycles. The Labute approximate surface area is 214 Å². The Kier molecular flexibility index (Phi) is 9.73. The molecule has 3 rings (SSSR count). The van der Waals surface area contributed by atoms with Crippen molar-refractivity contribution in [1.29, 1.82) is 0 Å². The molecule has 0 aliphatic heterocycles. The molecular weight excluding hydrogens is 420 g/mol. The van der Waals surface area contributed by atoms with Gasteiger partial charge < -0.3 is 0 Å². The maximum Gasteiger partial charge on any atom is -0.0242 e. The first-order valence-electron chi connectivity index (χ1n) is 13.3. The molecule has 35 heavy (non-hydrogen) atoms. The number of allylic oxidation sites excluding steroid dienone is 1. The van der Waals surface area contributed by atoms with Crippen LogP contribution in [0.25, 0.3) is 18.2 Å². The summed E-state index contributed by atoms with van der Waals surface area (Å²) in [6, 6.07) is 27.0. The van der Waals surface area contributed by atoms with Crippen molar-refractivity contribution in [3.05, 3.63) is 112 Å². The molecule has 3 aromatic rings. The molecule has 0 amide bonds. The average Bonchev–Trinajstić information content (AvgIpc) is 2.84. The number of aryl methyl sites for hydroxylation is 1. The lowest BCUT2D eigenvalue weighted by atomic mass is 9.69. The van der Waals surface area contributed by atoms with Gasteiger partial charge in [-0.25, -0.2) is 0 Å². The van der Waals surface area contributed by atoms with Crippen LogP contribution in [0.2, 0.25) is 0 Å². The molecule has 0 aliphatic rings. The fourth-order valence-corrected chi connectivity index (χ4v) is 4.65. The van der Waals surface area contributed by atoms with E-state index in [2.05, 4.69) is 139 Å². The zero-order valence-electron chi connectivity index (χ0n) is 22.7. The maximum absolute atomic E-state index is 2.48. The van der Waals surface area contributed by atoms with Gasteiger partial charge in [0.1, 0.15) is 0 Å². The lowest BCUT2D eigenvalue weighted by Gasteiger charge is -2.36. The third-order valence-electron chi connectivity index (χ3n) is 7.30. The van der Waals surface area contributed by atoms with Crippen LogP contribution in [0.15, 0.2) is 78.9 Å². The van der Waals surface area contributed by atoms with Crippen LogP contribution in [0.4, 0.5) is 0 Å². The highest BCUT2D eigenvalue weighted by Gasteiger charge is 2.29. The predicted molar refractivity (Wildman–Crippen MR) is 156 cm³/mol. The maximum atomic E-state index is 2.48. The van der Waals surface area contributed by atoms with E-state index in [1.807, 2.05) is 0 Å².